The van der Waals surface area contributed by atoms with Crippen LogP contribution in [-0.2, 0) is 21.6 Å². The lowest BCUT2D eigenvalue weighted by molar-refractivity contribution is -0.129. The number of ether oxygens (including phenoxy) is 2. The molecule has 0 aliphatic carbocycles. The second-order valence-electron chi connectivity index (χ2n) is 8.98. The third kappa shape index (κ3) is 4.97. The van der Waals surface area contributed by atoms with Crippen LogP contribution in [0, 0.1) is 6.92 Å². The Kier molecular flexibility index (Phi) is 5.95. The molecule has 32 heavy (non-hydrogen) atoms. The molecule has 0 unspecified atom stereocenters. The van der Waals surface area contributed by atoms with Crippen molar-refractivity contribution in [3.8, 4) is 5.75 Å². The Morgan fingerprint density at radius 1 is 0.969 bits per heavy atom. The highest BCUT2D eigenvalue weighted by Gasteiger charge is 2.25. The predicted octanol–water partition coefficient (Wildman–Crippen LogP) is 6.22. The summed E-state index contributed by atoms with van der Waals surface area (Å²) in [5, 5.41) is 0. The van der Waals surface area contributed by atoms with Crippen molar-refractivity contribution in [2.24, 2.45) is 4.99 Å². The third-order valence-corrected chi connectivity index (χ3v) is 5.31. The summed E-state index contributed by atoms with van der Waals surface area (Å²) in [5.41, 5.74) is 5.35. The van der Waals surface area contributed by atoms with Gasteiger partial charge < -0.3 is 9.47 Å². The standard InChI is InChI=1S/C28H27NO3/c1-19-8-7-9-20(16-19)18-31-25-11-6-5-10-22(25)17-24-27(30)32-26(29-24)21-12-14-23(15-13-21)28(2,3)4/h5-17H,18H2,1-4H3/b24-17-. The lowest BCUT2D eigenvalue weighted by atomic mass is 9.87. The molecule has 0 aromatic heterocycles. The van der Waals surface area contributed by atoms with Crippen LogP contribution in [0.25, 0.3) is 6.08 Å². The van der Waals surface area contributed by atoms with E-state index in [0.29, 0.717) is 18.3 Å². The molecule has 1 aliphatic rings. The van der Waals surface area contributed by atoms with E-state index < -0.39 is 5.97 Å². The largest absolute Gasteiger partial charge is 0.488 e. The summed E-state index contributed by atoms with van der Waals surface area (Å²) >= 11 is 0. The number of hydrogen-bond donors (Lipinski definition) is 0. The molecule has 0 radical (unpaired) electrons. The van der Waals surface area contributed by atoms with Crippen LogP contribution >= 0.6 is 0 Å². The Bertz CT molecular complexity index is 1200. The maximum absolute atomic E-state index is 12.5. The molecule has 4 nitrogen and oxygen atoms in total. The van der Waals surface area contributed by atoms with Crippen LogP contribution in [0.2, 0.25) is 0 Å². The second-order valence-corrected chi connectivity index (χ2v) is 8.98. The monoisotopic (exact) mass is 425 g/mol. The molecule has 4 rings (SSSR count). The van der Waals surface area contributed by atoms with Gasteiger partial charge in [0, 0.05) is 11.1 Å². The minimum Gasteiger partial charge on any atom is -0.488 e. The van der Waals surface area contributed by atoms with Gasteiger partial charge in [-0.15, -0.1) is 0 Å². The zero-order valence-electron chi connectivity index (χ0n) is 18.9. The molecule has 3 aromatic rings. The highest BCUT2D eigenvalue weighted by atomic mass is 16.6. The first-order valence-corrected chi connectivity index (χ1v) is 10.7. The number of carbonyl (C=O) groups excluding carboxylic acids is 1. The number of nitrogens with zero attached hydrogens (tertiary/aromatic N) is 1. The lowest BCUT2D eigenvalue weighted by Crippen LogP contribution is -2.11. The average Bonchev–Trinajstić information content (AvgIpc) is 3.13. The van der Waals surface area contributed by atoms with Gasteiger partial charge >= 0.3 is 5.97 Å². The predicted molar refractivity (Wildman–Crippen MR) is 128 cm³/mol. The van der Waals surface area contributed by atoms with Crippen molar-refractivity contribution in [2.75, 3.05) is 0 Å². The van der Waals surface area contributed by atoms with E-state index in [-0.39, 0.29) is 11.1 Å². The van der Waals surface area contributed by atoms with Crippen LogP contribution in [-0.4, -0.2) is 11.9 Å². The molecule has 4 heteroatoms. The van der Waals surface area contributed by atoms with Crippen molar-refractivity contribution in [3.63, 3.8) is 0 Å². The molecule has 0 saturated heterocycles. The van der Waals surface area contributed by atoms with Crippen molar-refractivity contribution in [1.29, 1.82) is 0 Å². The zero-order valence-corrected chi connectivity index (χ0v) is 18.9. The van der Waals surface area contributed by atoms with E-state index in [0.717, 1.165) is 16.7 Å². The summed E-state index contributed by atoms with van der Waals surface area (Å²) in [7, 11) is 0. The number of cyclic esters (lactones) is 1. The zero-order chi connectivity index (χ0) is 22.7. The van der Waals surface area contributed by atoms with Gasteiger partial charge in [0.1, 0.15) is 12.4 Å². The topological polar surface area (TPSA) is 47.9 Å². The first kappa shape index (κ1) is 21.6. The number of aliphatic imine (C=N–C) groups is 1. The summed E-state index contributed by atoms with van der Waals surface area (Å²) in [6.45, 7) is 8.98. The lowest BCUT2D eigenvalue weighted by Gasteiger charge is -2.18. The summed E-state index contributed by atoms with van der Waals surface area (Å²) in [4.78, 5) is 16.9. The van der Waals surface area contributed by atoms with Crippen LogP contribution in [0.4, 0.5) is 0 Å². The SMILES string of the molecule is Cc1cccc(COc2ccccc2/C=C2\N=C(c3ccc(C(C)(C)C)cc3)OC2=O)c1. The van der Waals surface area contributed by atoms with Gasteiger partial charge in [0.2, 0.25) is 5.90 Å². The molecule has 3 aromatic carbocycles. The summed E-state index contributed by atoms with van der Waals surface area (Å²) in [6.07, 6.45) is 1.71. The van der Waals surface area contributed by atoms with Crippen molar-refractivity contribution >= 4 is 17.9 Å². The van der Waals surface area contributed by atoms with E-state index in [2.05, 4.69) is 44.8 Å². The molecule has 0 atom stereocenters. The Morgan fingerprint density at radius 2 is 1.72 bits per heavy atom. The maximum atomic E-state index is 12.5. The Balaban J connectivity index is 1.56. The number of benzene rings is 3. The van der Waals surface area contributed by atoms with Crippen molar-refractivity contribution in [1.82, 2.24) is 0 Å². The minimum atomic E-state index is -0.464. The Labute approximate surface area is 189 Å². The van der Waals surface area contributed by atoms with Crippen molar-refractivity contribution in [3.05, 3.63) is 106 Å². The highest BCUT2D eigenvalue weighted by molar-refractivity contribution is 6.13. The summed E-state index contributed by atoms with van der Waals surface area (Å²) in [6, 6.07) is 23.8. The van der Waals surface area contributed by atoms with Crippen molar-refractivity contribution in [2.45, 2.75) is 39.7 Å². The van der Waals surface area contributed by atoms with E-state index in [4.69, 9.17) is 9.47 Å². The normalized spacial score (nSPS) is 14.9. The summed E-state index contributed by atoms with van der Waals surface area (Å²) in [5.74, 6) is 0.542. The van der Waals surface area contributed by atoms with Crippen molar-refractivity contribution < 1.29 is 14.3 Å². The number of hydrogen-bond acceptors (Lipinski definition) is 4. The first-order valence-electron chi connectivity index (χ1n) is 10.7. The molecule has 0 fully saturated rings. The fraction of sp³-hybridized carbons (Fsp3) is 0.214. The molecule has 162 valence electrons. The molecule has 1 aliphatic heterocycles. The molecular formula is C28H27NO3. The van der Waals surface area contributed by atoms with Gasteiger partial charge in [0.05, 0.1) is 0 Å². The van der Waals surface area contributed by atoms with Gasteiger partial charge in [0.15, 0.2) is 5.70 Å². The van der Waals surface area contributed by atoms with E-state index in [1.54, 1.807) is 6.08 Å². The maximum Gasteiger partial charge on any atom is 0.363 e. The molecule has 1 heterocycles. The minimum absolute atomic E-state index is 0.0555. The number of para-hydroxylation sites is 1. The van der Waals surface area contributed by atoms with E-state index >= 15 is 0 Å². The van der Waals surface area contributed by atoms with Gasteiger partial charge in [0.25, 0.3) is 0 Å². The number of aryl methyl sites for hydroxylation is 1. The molecular weight excluding hydrogens is 398 g/mol. The Morgan fingerprint density at radius 3 is 2.44 bits per heavy atom. The van der Waals surface area contributed by atoms with E-state index in [9.17, 15) is 4.79 Å². The number of esters is 1. The fourth-order valence-electron chi connectivity index (χ4n) is 3.49. The van der Waals surface area contributed by atoms with Gasteiger partial charge in [-0.25, -0.2) is 9.79 Å². The van der Waals surface area contributed by atoms with E-state index in [1.807, 2.05) is 60.7 Å². The van der Waals surface area contributed by atoms with Crippen LogP contribution in [0.1, 0.15) is 48.6 Å². The number of carbonyl (C=O) groups is 1. The van der Waals surface area contributed by atoms with Gasteiger partial charge in [-0.2, -0.15) is 0 Å². The number of rotatable bonds is 5. The Hall–Kier alpha value is -3.66. The third-order valence-electron chi connectivity index (χ3n) is 5.31. The molecule has 0 saturated carbocycles. The molecule has 0 bridgehead atoms. The van der Waals surface area contributed by atoms with Crippen LogP contribution < -0.4 is 4.74 Å². The molecule has 0 spiro atoms. The average molecular weight is 426 g/mol. The molecule has 0 N–H and O–H groups in total. The highest BCUT2D eigenvalue weighted by Crippen LogP contribution is 2.27. The fourth-order valence-corrected chi connectivity index (χ4v) is 3.49. The van der Waals surface area contributed by atoms with Gasteiger partial charge in [-0.1, -0.05) is 80.9 Å². The second kappa shape index (κ2) is 8.83. The van der Waals surface area contributed by atoms with Gasteiger partial charge in [-0.3, -0.25) is 0 Å². The summed E-state index contributed by atoms with van der Waals surface area (Å²) < 4.78 is 11.5. The first-order chi connectivity index (χ1) is 15.3. The quantitative estimate of drug-likeness (QED) is 0.360. The van der Waals surface area contributed by atoms with Crippen LogP contribution in [0.15, 0.2) is 83.5 Å². The van der Waals surface area contributed by atoms with Gasteiger partial charge in [-0.05, 0) is 47.7 Å². The smallest absolute Gasteiger partial charge is 0.363 e. The van der Waals surface area contributed by atoms with E-state index in [1.165, 1.54) is 11.1 Å². The van der Waals surface area contributed by atoms with Crippen LogP contribution in [0.3, 0.4) is 0 Å². The molecule has 0 amide bonds. The van der Waals surface area contributed by atoms with Crippen LogP contribution in [0.5, 0.6) is 5.75 Å².